The van der Waals surface area contributed by atoms with Crippen molar-refractivity contribution < 1.29 is 18.7 Å². The molecule has 0 fully saturated rings. The number of fused-ring (bicyclic) bond motifs is 1. The van der Waals surface area contributed by atoms with Crippen molar-refractivity contribution in [1.29, 1.82) is 5.41 Å². The van der Waals surface area contributed by atoms with Crippen molar-refractivity contribution in [2.75, 3.05) is 6.61 Å². The number of esters is 1. The van der Waals surface area contributed by atoms with Gasteiger partial charge in [-0.15, -0.1) is 0 Å². The fraction of sp³-hybridized carbons (Fsp3) is 0.115. The van der Waals surface area contributed by atoms with Gasteiger partial charge in [0.2, 0.25) is 5.17 Å². The maximum absolute atomic E-state index is 12.7. The molecule has 0 radical (unpaired) electrons. The topological polar surface area (TPSA) is 108 Å². The highest BCUT2D eigenvalue weighted by Gasteiger charge is 2.36. The van der Waals surface area contributed by atoms with E-state index in [-0.39, 0.29) is 17.4 Å². The highest BCUT2D eigenvalue weighted by Crippen LogP contribution is 2.32. The first kappa shape index (κ1) is 22.5. The molecule has 0 unspecified atom stereocenters. The Hall–Kier alpha value is -4.24. The molecule has 0 spiro atoms. The molecule has 0 aliphatic carbocycles. The van der Waals surface area contributed by atoms with E-state index in [2.05, 4.69) is 10.1 Å². The lowest BCUT2D eigenvalue weighted by molar-refractivity contribution is -0.114. The zero-order chi connectivity index (χ0) is 24.5. The van der Waals surface area contributed by atoms with Crippen LogP contribution in [-0.2, 0) is 9.53 Å². The van der Waals surface area contributed by atoms with Gasteiger partial charge in [-0.1, -0.05) is 36.4 Å². The molecule has 1 aromatic heterocycles. The van der Waals surface area contributed by atoms with Gasteiger partial charge in [-0.2, -0.15) is 15.1 Å². The van der Waals surface area contributed by atoms with Crippen molar-refractivity contribution in [2.24, 2.45) is 10.1 Å². The molecule has 9 heteroatoms. The minimum Gasteiger partial charge on any atom is -0.462 e. The molecule has 0 bridgehead atoms. The van der Waals surface area contributed by atoms with Crippen molar-refractivity contribution in [3.8, 4) is 11.3 Å². The number of hydrogen-bond donors (Lipinski definition) is 1. The molecule has 0 atom stereocenters. The van der Waals surface area contributed by atoms with Gasteiger partial charge in [-0.25, -0.2) is 4.79 Å². The molecule has 35 heavy (non-hydrogen) atoms. The summed E-state index contributed by atoms with van der Waals surface area (Å²) in [5.74, 6) is -0.00923. The first-order valence-electron chi connectivity index (χ1n) is 10.9. The number of amidine groups is 2. The lowest BCUT2D eigenvalue weighted by Gasteiger charge is -2.19. The minimum atomic E-state index is -0.522. The predicted molar refractivity (Wildman–Crippen MR) is 135 cm³/mol. The Bertz CT molecular complexity index is 1450. The third kappa shape index (κ3) is 4.33. The predicted octanol–water partition coefficient (Wildman–Crippen LogP) is 5.10. The van der Waals surface area contributed by atoms with Crippen molar-refractivity contribution >= 4 is 45.8 Å². The van der Waals surface area contributed by atoms with Gasteiger partial charge in [0.15, 0.2) is 5.84 Å². The average molecular weight is 485 g/mol. The van der Waals surface area contributed by atoms with Crippen molar-refractivity contribution in [3.05, 3.63) is 88.7 Å². The number of aliphatic imine (C=N–C) groups is 1. The number of benzene rings is 2. The molecule has 174 valence electrons. The summed E-state index contributed by atoms with van der Waals surface area (Å²) in [5.41, 5.74) is 3.28. The number of carbonyl (C=O) groups excluding carboxylic acids is 2. The fourth-order valence-corrected chi connectivity index (χ4v) is 4.61. The number of thioether (sulfide) groups is 1. The second-order valence-corrected chi connectivity index (χ2v) is 8.70. The molecule has 5 rings (SSSR count). The number of furan rings is 1. The quantitative estimate of drug-likeness (QED) is 0.399. The molecule has 2 aromatic carbocycles. The van der Waals surface area contributed by atoms with E-state index in [1.807, 2.05) is 31.2 Å². The lowest BCUT2D eigenvalue weighted by atomic mass is 10.1. The van der Waals surface area contributed by atoms with Gasteiger partial charge < -0.3 is 9.15 Å². The van der Waals surface area contributed by atoms with Crippen LogP contribution in [0.4, 0.5) is 0 Å². The average Bonchev–Trinajstić information content (AvgIpc) is 3.50. The molecule has 1 amide bonds. The maximum Gasteiger partial charge on any atom is 0.338 e. The molecule has 3 aromatic rings. The SMILES string of the molecule is CCOC(=O)c1ccc(-c2ccc(C=C3C(=N)N4N=C(c5ccccc5C)SC4=NC3=O)o2)cc1. The number of hydrogen-bond acceptors (Lipinski definition) is 7. The number of aryl methyl sites for hydroxylation is 1. The number of rotatable bonds is 5. The Morgan fingerprint density at radius 1 is 1.14 bits per heavy atom. The molecule has 2 aliphatic heterocycles. The van der Waals surface area contributed by atoms with Gasteiger partial charge in [0.25, 0.3) is 5.91 Å². The third-order valence-corrected chi connectivity index (χ3v) is 6.37. The number of ether oxygens (including phenoxy) is 1. The molecule has 3 heterocycles. The number of nitrogens with zero attached hydrogens (tertiary/aromatic N) is 3. The van der Waals surface area contributed by atoms with Gasteiger partial charge in [0.05, 0.1) is 17.7 Å². The molecular formula is C26H20N4O4S. The summed E-state index contributed by atoms with van der Waals surface area (Å²) in [5, 5.41) is 15.5. The van der Waals surface area contributed by atoms with E-state index in [4.69, 9.17) is 14.6 Å². The molecule has 1 N–H and O–H groups in total. The highest BCUT2D eigenvalue weighted by molar-refractivity contribution is 8.27. The summed E-state index contributed by atoms with van der Waals surface area (Å²) < 4.78 is 10.9. The lowest BCUT2D eigenvalue weighted by Crippen LogP contribution is -2.35. The smallest absolute Gasteiger partial charge is 0.338 e. The van der Waals surface area contributed by atoms with Crippen LogP contribution in [0.2, 0.25) is 0 Å². The Morgan fingerprint density at radius 2 is 1.91 bits per heavy atom. The monoisotopic (exact) mass is 484 g/mol. The molecule has 0 saturated heterocycles. The molecular weight excluding hydrogens is 464 g/mol. The number of nitrogens with one attached hydrogen (secondary N) is 1. The van der Waals surface area contributed by atoms with E-state index in [1.54, 1.807) is 43.3 Å². The summed E-state index contributed by atoms with van der Waals surface area (Å²) in [6, 6.07) is 18.1. The Labute approximate surface area is 205 Å². The molecule has 2 aliphatic rings. The van der Waals surface area contributed by atoms with Gasteiger partial charge in [0.1, 0.15) is 16.6 Å². The van der Waals surface area contributed by atoms with Crippen LogP contribution in [0.5, 0.6) is 0 Å². The van der Waals surface area contributed by atoms with E-state index < -0.39 is 5.91 Å². The fourth-order valence-electron chi connectivity index (χ4n) is 3.63. The van der Waals surface area contributed by atoms with Crippen LogP contribution in [0, 0.1) is 12.3 Å². The standard InChI is InChI=1S/C26H20N4O4S/c1-3-33-25(32)17-10-8-16(9-11-17)21-13-12-18(34-21)14-20-22(27)30-26(28-23(20)31)35-24(29-30)19-7-5-4-6-15(19)2/h4-14,27H,3H2,1-2H3. The van der Waals surface area contributed by atoms with E-state index in [0.717, 1.165) is 16.7 Å². The second kappa shape index (κ2) is 9.19. The van der Waals surface area contributed by atoms with E-state index >= 15 is 0 Å². The van der Waals surface area contributed by atoms with Gasteiger partial charge >= 0.3 is 5.97 Å². The van der Waals surface area contributed by atoms with Gasteiger partial charge in [0, 0.05) is 11.1 Å². The Morgan fingerprint density at radius 3 is 2.66 bits per heavy atom. The normalized spacial score (nSPS) is 16.3. The van der Waals surface area contributed by atoms with Crippen LogP contribution >= 0.6 is 11.8 Å². The number of hydrazone groups is 1. The number of amides is 1. The summed E-state index contributed by atoms with van der Waals surface area (Å²) in [7, 11) is 0. The molecule has 0 saturated carbocycles. The highest BCUT2D eigenvalue weighted by atomic mass is 32.2. The maximum atomic E-state index is 12.7. The van der Waals surface area contributed by atoms with E-state index in [9.17, 15) is 9.59 Å². The largest absolute Gasteiger partial charge is 0.462 e. The van der Waals surface area contributed by atoms with Gasteiger partial charge in [-0.05, 0) is 61.5 Å². The summed E-state index contributed by atoms with van der Waals surface area (Å²) in [6.07, 6.45) is 1.49. The second-order valence-electron chi connectivity index (χ2n) is 7.74. The van der Waals surface area contributed by atoms with Gasteiger partial charge in [-0.3, -0.25) is 10.2 Å². The summed E-state index contributed by atoms with van der Waals surface area (Å²) >= 11 is 1.27. The Kier molecular flexibility index (Phi) is 5.92. The van der Waals surface area contributed by atoms with Crippen LogP contribution in [0.15, 0.2) is 80.7 Å². The first-order valence-corrected chi connectivity index (χ1v) is 11.7. The zero-order valence-corrected chi connectivity index (χ0v) is 19.8. The minimum absolute atomic E-state index is 0.0622. The Balaban J connectivity index is 1.39. The van der Waals surface area contributed by atoms with Crippen LogP contribution in [0.25, 0.3) is 17.4 Å². The van der Waals surface area contributed by atoms with Crippen molar-refractivity contribution in [3.63, 3.8) is 0 Å². The molecule has 8 nitrogen and oxygen atoms in total. The van der Waals surface area contributed by atoms with Crippen LogP contribution in [0.1, 0.15) is 34.2 Å². The number of carbonyl (C=O) groups is 2. The van der Waals surface area contributed by atoms with Crippen LogP contribution in [-0.4, -0.2) is 39.5 Å². The van der Waals surface area contributed by atoms with Crippen LogP contribution < -0.4 is 0 Å². The zero-order valence-electron chi connectivity index (χ0n) is 18.9. The third-order valence-electron chi connectivity index (χ3n) is 5.42. The van der Waals surface area contributed by atoms with Crippen LogP contribution in [0.3, 0.4) is 0 Å². The first-order chi connectivity index (χ1) is 16.9. The van der Waals surface area contributed by atoms with E-state index in [1.165, 1.54) is 22.8 Å². The van der Waals surface area contributed by atoms with Crippen molar-refractivity contribution in [1.82, 2.24) is 5.01 Å². The van der Waals surface area contributed by atoms with E-state index in [0.29, 0.717) is 33.9 Å². The summed E-state index contributed by atoms with van der Waals surface area (Å²) in [6.45, 7) is 4.05. The van der Waals surface area contributed by atoms with Crippen molar-refractivity contribution in [2.45, 2.75) is 13.8 Å². The summed E-state index contributed by atoms with van der Waals surface area (Å²) in [4.78, 5) is 28.7.